The number of piperazine rings is 2. The number of urea groups is 2. The molecular weight excluding hydrogens is 1200 g/mol. The fraction of sp³-hybridized carbons (Fsp3) is 0.533. The molecule has 5 atom stereocenters. The highest BCUT2D eigenvalue weighted by Gasteiger charge is 2.42. The van der Waals surface area contributed by atoms with Crippen LogP contribution in [0, 0.1) is 22.7 Å². The summed E-state index contributed by atoms with van der Waals surface area (Å²) in [5, 5.41) is 39.0. The topological polar surface area (TPSA) is 297 Å². The van der Waals surface area contributed by atoms with Gasteiger partial charge in [-0.05, 0) is 134 Å². The highest BCUT2D eigenvalue weighted by molar-refractivity contribution is 7.89. The number of nitrogens with one attached hydrogen (secondary N) is 8. The molecule has 2 heterocycles. The molecule has 27 heteroatoms. The number of rotatable bonds is 30. The number of nitrogens with zero attached hydrogens (tertiary/aromatic N) is 4. The van der Waals surface area contributed by atoms with Crippen LogP contribution in [0.3, 0.4) is 0 Å². The minimum Gasteiger partial charge on any atom is -0.593 e. The average molecular weight is 1280 g/mol. The van der Waals surface area contributed by atoms with Crippen molar-refractivity contribution >= 4 is 56.6 Å². The molecule has 0 aromatic heterocycles. The second kappa shape index (κ2) is 33.3. The van der Waals surface area contributed by atoms with E-state index in [0.717, 1.165) is 100 Å². The first-order valence-corrected chi connectivity index (χ1v) is 33.2. The molecule has 470 valence electrons. The predicted molar refractivity (Wildman–Crippen MR) is 328 cm³/mol. The lowest BCUT2D eigenvalue weighted by Gasteiger charge is -2.36. The van der Waals surface area contributed by atoms with Crippen molar-refractivity contribution < 1.29 is 51.0 Å². The van der Waals surface area contributed by atoms with Gasteiger partial charge in [0.15, 0.2) is 4.90 Å². The second-order valence-electron chi connectivity index (χ2n) is 21.8. The lowest BCUT2D eigenvalue weighted by Crippen LogP contribution is -2.50. The minimum absolute atomic E-state index is 0.00142. The molecule has 4 aromatic rings. The number of ether oxygens (including phenoxy) is 6. The van der Waals surface area contributed by atoms with E-state index in [9.17, 15) is 33.1 Å². The van der Waals surface area contributed by atoms with E-state index in [2.05, 4.69) is 63.3 Å². The van der Waals surface area contributed by atoms with Gasteiger partial charge in [-0.3, -0.25) is 9.80 Å². The molecule has 1 unspecified atom stereocenters. The Morgan fingerprint density at radius 1 is 0.598 bits per heavy atom. The molecule has 9 rings (SSSR count). The van der Waals surface area contributed by atoms with Gasteiger partial charge < -0.3 is 64.9 Å². The Morgan fingerprint density at radius 3 is 1.45 bits per heavy atom. The van der Waals surface area contributed by atoms with E-state index < -0.39 is 21.4 Å². The molecule has 0 spiro atoms. The van der Waals surface area contributed by atoms with Crippen LogP contribution in [0.15, 0.2) is 82.6 Å². The third-order valence-corrected chi connectivity index (χ3v) is 19.1. The first-order valence-electron chi connectivity index (χ1n) is 29.8. The van der Waals surface area contributed by atoms with Crippen LogP contribution in [0.5, 0.6) is 11.5 Å². The molecule has 4 aromatic carbocycles. The zero-order valence-electron chi connectivity index (χ0n) is 48.6. The van der Waals surface area contributed by atoms with Crippen LogP contribution in [-0.4, -0.2) is 190 Å². The number of carbonyl (C=O) groups excluding carboxylic acids is 2. The summed E-state index contributed by atoms with van der Waals surface area (Å²) >= 11 is 11.4. The molecule has 1 saturated carbocycles. The van der Waals surface area contributed by atoms with Crippen molar-refractivity contribution in [1.29, 1.82) is 10.5 Å². The SMILES string of the molecule is N#Cc1cc(Cl)cc2c1C[C@H](N1CCNCC1)[C@H]2Oc1ccc([S+]([O-])NCCOCCOCCNC(=O)NC2CCC(NC(=O)NCCOCCOCCNS(=O)(=O)c3ccc(O[C@H]4c5cc(Cl)cc(C#N)c5C[C@@H]4N4CCNCC4)cc3)CC2)cc1. The number of hydrogen-bond donors (Lipinski definition) is 8. The number of halogens is 2. The van der Waals surface area contributed by atoms with E-state index in [-0.39, 0.29) is 86.3 Å². The molecule has 4 amide bonds. The van der Waals surface area contributed by atoms with E-state index in [1.807, 2.05) is 24.3 Å². The Kier molecular flexibility index (Phi) is 25.2. The normalized spacial score (nSPS) is 21.6. The Balaban J connectivity index is 0.547. The third kappa shape index (κ3) is 19.0. The maximum Gasteiger partial charge on any atom is 0.315 e. The zero-order chi connectivity index (χ0) is 61.0. The van der Waals surface area contributed by atoms with Gasteiger partial charge in [0.05, 0.1) is 111 Å². The van der Waals surface area contributed by atoms with Crippen molar-refractivity contribution in [1.82, 2.24) is 51.1 Å². The number of amides is 4. The zero-order valence-corrected chi connectivity index (χ0v) is 51.8. The van der Waals surface area contributed by atoms with E-state index in [4.69, 9.17) is 51.6 Å². The molecule has 2 saturated heterocycles. The number of nitriles is 2. The third-order valence-electron chi connectivity index (χ3n) is 16.0. The van der Waals surface area contributed by atoms with E-state index in [0.29, 0.717) is 96.5 Å². The van der Waals surface area contributed by atoms with Crippen molar-refractivity contribution in [3.8, 4) is 23.6 Å². The first-order chi connectivity index (χ1) is 42.3. The maximum atomic E-state index is 13.1. The van der Waals surface area contributed by atoms with E-state index in [1.54, 1.807) is 36.4 Å². The van der Waals surface area contributed by atoms with E-state index in [1.165, 1.54) is 12.1 Å². The molecular formula is C60H78Cl2N12O11S2. The van der Waals surface area contributed by atoms with Crippen LogP contribution < -0.4 is 50.8 Å². The van der Waals surface area contributed by atoms with Crippen molar-refractivity contribution in [2.45, 2.75) is 84.7 Å². The Hall–Kier alpha value is -5.56. The monoisotopic (exact) mass is 1280 g/mol. The molecule has 0 radical (unpaired) electrons. The molecule has 5 aliphatic rings. The number of fused-ring (bicyclic) bond motifs is 2. The summed E-state index contributed by atoms with van der Waals surface area (Å²) in [6.45, 7) is 10.2. The fourth-order valence-corrected chi connectivity index (χ4v) is 14.0. The summed E-state index contributed by atoms with van der Waals surface area (Å²) in [5.74, 6) is 1.14. The number of benzene rings is 4. The smallest absolute Gasteiger partial charge is 0.315 e. The lowest BCUT2D eigenvalue weighted by atomic mass is 9.91. The molecule has 0 bridgehead atoms. The van der Waals surface area contributed by atoms with Crippen molar-refractivity contribution in [3.63, 3.8) is 0 Å². The second-order valence-corrected chi connectivity index (χ2v) is 25.7. The highest BCUT2D eigenvalue weighted by Crippen LogP contribution is 2.43. The van der Waals surface area contributed by atoms with Crippen molar-refractivity contribution in [2.24, 2.45) is 0 Å². The summed E-state index contributed by atoms with van der Waals surface area (Å²) in [7, 11) is -3.82. The van der Waals surface area contributed by atoms with Crippen molar-refractivity contribution in [3.05, 3.63) is 116 Å². The average Bonchev–Trinajstić information content (AvgIpc) is 1.89. The Morgan fingerprint density at radius 2 is 1.01 bits per heavy atom. The van der Waals surface area contributed by atoms with Gasteiger partial charge in [0.2, 0.25) is 10.0 Å². The molecule has 23 nitrogen and oxygen atoms in total. The maximum absolute atomic E-state index is 13.1. The van der Waals surface area contributed by atoms with Gasteiger partial charge in [-0.2, -0.15) is 10.5 Å². The van der Waals surface area contributed by atoms with Crippen LogP contribution in [0.25, 0.3) is 0 Å². The summed E-state index contributed by atoms with van der Waals surface area (Å²) in [6, 6.07) is 24.7. The van der Waals surface area contributed by atoms with Crippen LogP contribution in [0.4, 0.5) is 9.59 Å². The summed E-state index contributed by atoms with van der Waals surface area (Å²) in [6.07, 6.45) is 3.55. The Labute approximate surface area is 522 Å². The van der Waals surface area contributed by atoms with Crippen LogP contribution >= 0.6 is 23.2 Å². The van der Waals surface area contributed by atoms with Gasteiger partial charge in [0.25, 0.3) is 0 Å². The van der Waals surface area contributed by atoms with Crippen LogP contribution in [0.1, 0.15) is 71.3 Å². The number of carbonyl (C=O) groups is 2. The largest absolute Gasteiger partial charge is 0.593 e. The minimum atomic E-state index is -3.82. The fourth-order valence-electron chi connectivity index (χ4n) is 11.7. The molecule has 2 aliphatic heterocycles. The Bertz CT molecular complexity index is 3090. The number of sulfonamides is 1. The van der Waals surface area contributed by atoms with Gasteiger partial charge in [0, 0.05) is 94.1 Å². The standard InChI is InChI=1S/C60H78Cl2N12O11S2/c61-43-33-41(39-63)51-37-55(73-21-13-65-14-22-73)57(53(51)35-43)84-47-5-9-49(10-6-47)86(77)69-19-27-82-31-29-80-25-17-67-59(75)71-45-1-3-46(4-2-45)72-60(76)68-18-26-81-30-32-83-28-20-70-87(78,79)50-11-7-48(8-12-50)85-58-54-36-44(62)34-42(40-64)52(54)38-56(58)74-23-15-66-16-24-74/h5-12,33-36,45-46,55-58,65-66,69-70H,1-4,13-32,37-38H2,(H2,67,71,75)(H2,68,72,76)/t45?,46?,55-,56-,57-,58-,86?/m0/s1. The highest BCUT2D eigenvalue weighted by atomic mass is 35.5. The van der Waals surface area contributed by atoms with Crippen LogP contribution in [-0.2, 0) is 53.2 Å². The summed E-state index contributed by atoms with van der Waals surface area (Å²) < 4.78 is 80.2. The van der Waals surface area contributed by atoms with Gasteiger partial charge >= 0.3 is 12.1 Å². The molecule has 87 heavy (non-hydrogen) atoms. The van der Waals surface area contributed by atoms with Crippen molar-refractivity contribution in [2.75, 3.05) is 131 Å². The van der Waals surface area contributed by atoms with Gasteiger partial charge in [-0.25, -0.2) is 22.7 Å². The van der Waals surface area contributed by atoms with Gasteiger partial charge in [-0.1, -0.05) is 23.2 Å². The summed E-state index contributed by atoms with van der Waals surface area (Å²) in [5.41, 5.74) is 4.84. The van der Waals surface area contributed by atoms with Crippen LogP contribution in [0.2, 0.25) is 10.0 Å². The molecule has 8 N–H and O–H groups in total. The predicted octanol–water partition coefficient (Wildman–Crippen LogP) is 4.20. The lowest BCUT2D eigenvalue weighted by molar-refractivity contribution is 0.0515. The quantitative estimate of drug-likeness (QED) is 0.0268. The van der Waals surface area contributed by atoms with Gasteiger partial charge in [-0.15, -0.1) is 4.72 Å². The molecule has 3 fully saturated rings. The first kappa shape index (κ1) is 65.9. The molecule has 3 aliphatic carbocycles. The number of hydrogen-bond acceptors (Lipinski definition) is 18. The van der Waals surface area contributed by atoms with Gasteiger partial charge in [0.1, 0.15) is 23.7 Å². The van der Waals surface area contributed by atoms with E-state index >= 15 is 0 Å². The summed E-state index contributed by atoms with van der Waals surface area (Å²) in [4.78, 5) is 30.5.